The Morgan fingerprint density at radius 3 is 3.17 bits per heavy atom. The monoisotopic (exact) mass is 381 g/mol. The fourth-order valence-electron chi connectivity index (χ4n) is 2.02. The number of methoxy groups -OCH3 is 1. The Hall–Kier alpha value is -0.180. The molecule has 0 bridgehead atoms. The molecule has 100 valence electrons. The van der Waals surface area contributed by atoms with Gasteiger partial charge in [-0.05, 0) is 41.5 Å². The molecule has 18 heavy (non-hydrogen) atoms. The maximum Gasteiger partial charge on any atom is 0.252 e. The van der Waals surface area contributed by atoms with Crippen LogP contribution in [0.2, 0.25) is 0 Å². The first-order chi connectivity index (χ1) is 8.70. The summed E-state index contributed by atoms with van der Waals surface area (Å²) in [7, 11) is 1.64. The normalized spacial score (nSPS) is 20.9. The molecule has 1 aliphatic rings. The van der Waals surface area contributed by atoms with Crippen molar-refractivity contribution in [2.24, 2.45) is 0 Å². The van der Waals surface area contributed by atoms with Gasteiger partial charge in [-0.1, -0.05) is 0 Å². The molecule has 4 nitrogen and oxygen atoms in total. The number of carbonyl (C=O) groups is 1. The second-order valence-electron chi connectivity index (χ2n) is 4.23. The van der Waals surface area contributed by atoms with Gasteiger partial charge in [-0.15, -0.1) is 11.3 Å². The smallest absolute Gasteiger partial charge is 0.252 e. The molecule has 1 N–H and O–H groups in total. The third-order valence-corrected chi connectivity index (χ3v) is 4.70. The van der Waals surface area contributed by atoms with Gasteiger partial charge in [0.1, 0.15) is 0 Å². The lowest BCUT2D eigenvalue weighted by Crippen LogP contribution is -2.46. The first-order valence-electron chi connectivity index (χ1n) is 5.86. The molecule has 0 aromatic carbocycles. The van der Waals surface area contributed by atoms with E-state index in [2.05, 4.69) is 27.9 Å². The van der Waals surface area contributed by atoms with Crippen LogP contribution in [0.3, 0.4) is 0 Å². The molecule has 2 rings (SSSR count). The van der Waals surface area contributed by atoms with Gasteiger partial charge in [0.2, 0.25) is 0 Å². The van der Waals surface area contributed by atoms with E-state index in [0.717, 1.165) is 22.3 Å². The van der Waals surface area contributed by atoms with E-state index in [-0.39, 0.29) is 18.1 Å². The van der Waals surface area contributed by atoms with Crippen molar-refractivity contribution in [3.05, 3.63) is 19.9 Å². The maximum absolute atomic E-state index is 12.1. The fourth-order valence-corrected chi connectivity index (χ4v) is 3.35. The predicted molar refractivity (Wildman–Crippen MR) is 79.1 cm³/mol. The van der Waals surface area contributed by atoms with Crippen LogP contribution in [0, 0.1) is 2.88 Å². The minimum atomic E-state index is -0.0671. The molecule has 0 saturated carbocycles. The molecule has 2 atom stereocenters. The number of nitrogens with one attached hydrogen (secondary N) is 1. The van der Waals surface area contributed by atoms with E-state index < -0.39 is 0 Å². The first-order valence-corrected chi connectivity index (χ1v) is 7.82. The van der Waals surface area contributed by atoms with Crippen LogP contribution >= 0.6 is 33.9 Å². The molecular weight excluding hydrogens is 365 g/mol. The van der Waals surface area contributed by atoms with Crippen molar-refractivity contribution < 1.29 is 14.3 Å². The Kier molecular flexibility index (Phi) is 5.40. The molecule has 0 spiro atoms. The van der Waals surface area contributed by atoms with Crippen molar-refractivity contribution in [3.63, 3.8) is 0 Å². The Balaban J connectivity index is 1.97. The summed E-state index contributed by atoms with van der Waals surface area (Å²) in [5, 5.41) is 4.88. The van der Waals surface area contributed by atoms with Crippen LogP contribution in [-0.2, 0) is 9.47 Å². The number of rotatable bonds is 5. The van der Waals surface area contributed by atoms with Crippen molar-refractivity contribution in [2.75, 3.05) is 20.3 Å². The van der Waals surface area contributed by atoms with Gasteiger partial charge >= 0.3 is 0 Å². The summed E-state index contributed by atoms with van der Waals surface area (Å²) >= 11 is 3.78. The average Bonchev–Trinajstić information content (AvgIpc) is 2.98. The number of amides is 1. The van der Waals surface area contributed by atoms with E-state index in [9.17, 15) is 4.79 Å². The number of hydrogen-bond acceptors (Lipinski definition) is 4. The molecule has 6 heteroatoms. The lowest BCUT2D eigenvalue weighted by molar-refractivity contribution is 0.0403. The molecular formula is C12H16INO3S. The van der Waals surface area contributed by atoms with Crippen LogP contribution in [0.25, 0.3) is 0 Å². The number of halogens is 1. The van der Waals surface area contributed by atoms with Gasteiger partial charge in [-0.3, -0.25) is 4.79 Å². The lowest BCUT2D eigenvalue weighted by atomic mass is 10.1. The van der Waals surface area contributed by atoms with Crippen LogP contribution < -0.4 is 5.32 Å². The predicted octanol–water partition coefficient (Wildman–Crippen LogP) is 2.28. The fraction of sp³-hybridized carbons (Fsp3) is 0.583. The second-order valence-corrected chi connectivity index (χ2v) is 7.03. The maximum atomic E-state index is 12.1. The molecule has 1 aromatic heterocycles. The summed E-state index contributed by atoms with van der Waals surface area (Å²) in [5.74, 6) is -0.0493. The van der Waals surface area contributed by atoms with E-state index in [1.807, 2.05) is 11.4 Å². The standard InChI is InChI=1S/C12H16INO3S/c1-16-6-9(10-3-2-4-17-10)14-12(15)8-5-11(13)18-7-8/h5,7,9-10H,2-4,6H2,1H3,(H,14,15)/t9-,10-/m1/s1. The summed E-state index contributed by atoms with van der Waals surface area (Å²) < 4.78 is 11.9. The third-order valence-electron chi connectivity index (χ3n) is 2.91. The van der Waals surface area contributed by atoms with E-state index >= 15 is 0 Å². The highest BCUT2D eigenvalue weighted by Crippen LogP contribution is 2.19. The Morgan fingerprint density at radius 1 is 1.78 bits per heavy atom. The molecule has 1 aromatic rings. The lowest BCUT2D eigenvalue weighted by Gasteiger charge is -2.23. The second kappa shape index (κ2) is 6.83. The summed E-state index contributed by atoms with van der Waals surface area (Å²) in [6, 6.07) is 1.82. The van der Waals surface area contributed by atoms with Crippen LogP contribution in [0.1, 0.15) is 23.2 Å². The number of carbonyl (C=O) groups excluding carboxylic acids is 1. The van der Waals surface area contributed by atoms with Gasteiger partial charge in [0.25, 0.3) is 5.91 Å². The quantitative estimate of drug-likeness (QED) is 0.797. The molecule has 1 amide bonds. The van der Waals surface area contributed by atoms with Crippen molar-refractivity contribution in [3.8, 4) is 0 Å². The third kappa shape index (κ3) is 3.66. The Morgan fingerprint density at radius 2 is 2.61 bits per heavy atom. The van der Waals surface area contributed by atoms with Crippen molar-refractivity contribution in [1.29, 1.82) is 0 Å². The summed E-state index contributed by atoms with van der Waals surface area (Å²) in [6.07, 6.45) is 2.11. The molecule has 1 saturated heterocycles. The SMILES string of the molecule is COC[C@@H](NC(=O)c1csc(I)c1)[C@H]1CCCO1. The average molecular weight is 381 g/mol. The minimum Gasteiger partial charge on any atom is -0.382 e. The van der Waals surface area contributed by atoms with Crippen molar-refractivity contribution in [1.82, 2.24) is 5.32 Å². The number of ether oxygens (including phenoxy) is 2. The van der Waals surface area contributed by atoms with Gasteiger partial charge in [0.05, 0.1) is 27.2 Å². The summed E-state index contributed by atoms with van der Waals surface area (Å²) in [5.41, 5.74) is 0.712. The zero-order valence-electron chi connectivity index (χ0n) is 10.1. The van der Waals surface area contributed by atoms with Crippen LogP contribution in [0.4, 0.5) is 0 Å². The van der Waals surface area contributed by atoms with Gasteiger partial charge in [-0.2, -0.15) is 0 Å². The van der Waals surface area contributed by atoms with Crippen LogP contribution in [0.5, 0.6) is 0 Å². The van der Waals surface area contributed by atoms with E-state index in [4.69, 9.17) is 9.47 Å². The van der Waals surface area contributed by atoms with Crippen LogP contribution in [0.15, 0.2) is 11.4 Å². The highest BCUT2D eigenvalue weighted by molar-refractivity contribution is 14.1. The molecule has 1 aliphatic heterocycles. The molecule has 0 aliphatic carbocycles. The number of thiophene rings is 1. The van der Waals surface area contributed by atoms with Gasteiger partial charge in [0.15, 0.2) is 0 Å². The van der Waals surface area contributed by atoms with Crippen LogP contribution in [-0.4, -0.2) is 38.4 Å². The largest absolute Gasteiger partial charge is 0.382 e. The molecule has 2 heterocycles. The van der Waals surface area contributed by atoms with Gasteiger partial charge in [-0.25, -0.2) is 0 Å². The van der Waals surface area contributed by atoms with Gasteiger partial charge < -0.3 is 14.8 Å². The molecule has 0 unspecified atom stereocenters. The Bertz CT molecular complexity index is 404. The van der Waals surface area contributed by atoms with Crippen molar-refractivity contribution >= 4 is 39.8 Å². The van der Waals surface area contributed by atoms with E-state index in [1.165, 1.54) is 0 Å². The number of hydrogen-bond donors (Lipinski definition) is 1. The van der Waals surface area contributed by atoms with E-state index in [1.54, 1.807) is 18.4 Å². The minimum absolute atomic E-state index is 0.0493. The topological polar surface area (TPSA) is 47.6 Å². The zero-order valence-corrected chi connectivity index (χ0v) is 13.1. The zero-order chi connectivity index (χ0) is 13.0. The van der Waals surface area contributed by atoms with Crippen molar-refractivity contribution in [2.45, 2.75) is 25.0 Å². The molecule has 1 fully saturated rings. The highest BCUT2D eigenvalue weighted by atomic mass is 127. The Labute approximate surface area is 124 Å². The van der Waals surface area contributed by atoms with Gasteiger partial charge in [0, 0.05) is 19.1 Å². The molecule has 0 radical (unpaired) electrons. The van der Waals surface area contributed by atoms with E-state index in [0.29, 0.717) is 12.2 Å². The summed E-state index contributed by atoms with van der Waals surface area (Å²) in [4.78, 5) is 12.1. The first kappa shape index (κ1) is 14.2. The summed E-state index contributed by atoms with van der Waals surface area (Å²) in [6.45, 7) is 1.26. The highest BCUT2D eigenvalue weighted by Gasteiger charge is 2.27.